The second kappa shape index (κ2) is 5.48. The minimum atomic E-state index is 0.277. The second-order valence-corrected chi connectivity index (χ2v) is 6.32. The van der Waals surface area contributed by atoms with Crippen LogP contribution in [0.25, 0.3) is 11.0 Å². The minimum Gasteiger partial charge on any atom is -0.376 e. The molecule has 8 nitrogen and oxygen atoms in total. The number of benzene rings is 1. The van der Waals surface area contributed by atoms with E-state index in [0.717, 1.165) is 56.3 Å². The number of fused-ring (bicyclic) bond motifs is 3. The Bertz CT molecular complexity index is 837. The molecule has 1 saturated heterocycles. The van der Waals surface area contributed by atoms with Crippen LogP contribution in [-0.2, 0) is 11.4 Å². The summed E-state index contributed by atoms with van der Waals surface area (Å²) >= 11 is 0. The van der Waals surface area contributed by atoms with Crippen molar-refractivity contribution in [3.05, 3.63) is 36.9 Å². The zero-order valence-corrected chi connectivity index (χ0v) is 13.3. The molecule has 1 unspecified atom stereocenters. The third-order valence-electron chi connectivity index (χ3n) is 4.74. The number of nitrogens with zero attached hydrogens (tertiary/aromatic N) is 7. The highest BCUT2D eigenvalue weighted by molar-refractivity contribution is 5.79. The van der Waals surface area contributed by atoms with Crippen LogP contribution < -0.4 is 9.91 Å². The van der Waals surface area contributed by atoms with Crippen LogP contribution in [0.15, 0.2) is 36.9 Å². The lowest BCUT2D eigenvalue weighted by molar-refractivity contribution is 0.114. The number of rotatable bonds is 3. The van der Waals surface area contributed by atoms with E-state index < -0.39 is 0 Å². The van der Waals surface area contributed by atoms with Crippen LogP contribution in [0.2, 0.25) is 0 Å². The predicted octanol–water partition coefficient (Wildman–Crippen LogP) is 1.18. The number of aromatic nitrogens is 5. The molecule has 0 aliphatic carbocycles. The van der Waals surface area contributed by atoms with Gasteiger partial charge in [0.05, 0.1) is 17.1 Å². The van der Waals surface area contributed by atoms with Gasteiger partial charge in [0.15, 0.2) is 0 Å². The zero-order valence-electron chi connectivity index (χ0n) is 13.3. The van der Waals surface area contributed by atoms with Crippen molar-refractivity contribution in [3.63, 3.8) is 0 Å². The van der Waals surface area contributed by atoms with Crippen LogP contribution in [0, 0.1) is 0 Å². The van der Waals surface area contributed by atoms with Crippen LogP contribution in [0.4, 0.5) is 5.95 Å². The molecule has 0 bridgehead atoms. The zero-order chi connectivity index (χ0) is 15.9. The molecule has 0 saturated carbocycles. The summed E-state index contributed by atoms with van der Waals surface area (Å²) in [6.45, 7) is 3.17. The monoisotopic (exact) mass is 325 g/mol. The Morgan fingerprint density at radius 1 is 1.12 bits per heavy atom. The first-order valence-electron chi connectivity index (χ1n) is 8.30. The van der Waals surface area contributed by atoms with E-state index in [1.54, 1.807) is 12.7 Å². The molecule has 8 heteroatoms. The minimum absolute atomic E-state index is 0.277. The van der Waals surface area contributed by atoms with Gasteiger partial charge in [0.2, 0.25) is 5.95 Å². The van der Waals surface area contributed by atoms with E-state index in [0.29, 0.717) is 0 Å². The topological polar surface area (TPSA) is 64.2 Å². The average Bonchev–Trinajstić information content (AvgIpc) is 3.35. The van der Waals surface area contributed by atoms with Crippen LogP contribution in [0.3, 0.4) is 0 Å². The fourth-order valence-electron chi connectivity index (χ4n) is 3.57. The molecular formula is C16H19N7O. The van der Waals surface area contributed by atoms with Crippen LogP contribution in [-0.4, -0.2) is 50.3 Å². The molecule has 2 aromatic heterocycles. The van der Waals surface area contributed by atoms with Gasteiger partial charge in [0, 0.05) is 13.2 Å². The predicted molar refractivity (Wildman–Crippen MR) is 89.2 cm³/mol. The van der Waals surface area contributed by atoms with E-state index in [4.69, 9.17) is 9.72 Å². The van der Waals surface area contributed by atoms with E-state index in [9.17, 15) is 0 Å². The highest BCUT2D eigenvalue weighted by atomic mass is 16.5. The molecule has 2 aliphatic heterocycles. The molecule has 0 N–H and O–H groups in total. The van der Waals surface area contributed by atoms with Crippen molar-refractivity contribution in [2.45, 2.75) is 25.6 Å². The van der Waals surface area contributed by atoms with Gasteiger partial charge in [-0.05, 0) is 25.0 Å². The Morgan fingerprint density at radius 2 is 2.00 bits per heavy atom. The van der Waals surface area contributed by atoms with E-state index in [2.05, 4.69) is 42.9 Å². The van der Waals surface area contributed by atoms with E-state index in [1.165, 1.54) is 0 Å². The normalized spacial score (nSPS) is 20.8. The number of imidazole rings is 1. The molecule has 4 heterocycles. The number of hydrogen-bond donors (Lipinski definition) is 0. The van der Waals surface area contributed by atoms with Gasteiger partial charge in [-0.1, -0.05) is 12.1 Å². The van der Waals surface area contributed by atoms with Gasteiger partial charge >= 0.3 is 0 Å². The van der Waals surface area contributed by atoms with Crippen LogP contribution in [0.5, 0.6) is 0 Å². The summed E-state index contributed by atoms with van der Waals surface area (Å²) in [7, 11) is 0. The summed E-state index contributed by atoms with van der Waals surface area (Å²) in [6.07, 6.45) is 6.00. The van der Waals surface area contributed by atoms with E-state index in [1.807, 2.05) is 10.7 Å². The van der Waals surface area contributed by atoms with Crippen molar-refractivity contribution in [3.8, 4) is 0 Å². The van der Waals surface area contributed by atoms with Gasteiger partial charge in [-0.2, -0.15) is 0 Å². The third kappa shape index (κ3) is 2.22. The van der Waals surface area contributed by atoms with E-state index >= 15 is 0 Å². The summed E-state index contributed by atoms with van der Waals surface area (Å²) in [5.41, 5.74) is 2.16. The molecule has 1 aromatic carbocycles. The fourth-order valence-corrected chi connectivity index (χ4v) is 3.57. The number of anilines is 1. The number of para-hydroxylation sites is 2. The molecular weight excluding hydrogens is 306 g/mol. The third-order valence-corrected chi connectivity index (χ3v) is 4.74. The Balaban J connectivity index is 1.55. The first kappa shape index (κ1) is 13.8. The first-order valence-corrected chi connectivity index (χ1v) is 8.30. The molecule has 3 aromatic rings. The van der Waals surface area contributed by atoms with Crippen LogP contribution in [0.1, 0.15) is 12.8 Å². The fraction of sp³-hybridized carbons (Fsp3) is 0.438. The maximum absolute atomic E-state index is 5.84. The van der Waals surface area contributed by atoms with Crippen molar-refractivity contribution in [2.75, 3.05) is 29.7 Å². The summed E-state index contributed by atoms with van der Waals surface area (Å²) in [5, 5.41) is 10.1. The van der Waals surface area contributed by atoms with Crippen molar-refractivity contribution in [1.82, 2.24) is 24.4 Å². The standard InChI is InChI=1S/C16H19N7O/c1-2-6-15-14(5-1)19-16-20(8-13-4-3-7-24-13)11-22(12-23(15)16)21-9-17-18-10-21/h1-2,5-6,9-10,13H,3-4,7-8,11-12H2. The molecule has 0 amide bonds. The molecule has 124 valence electrons. The van der Waals surface area contributed by atoms with Gasteiger partial charge in [-0.25, -0.2) is 9.66 Å². The van der Waals surface area contributed by atoms with Gasteiger partial charge in [-0.3, -0.25) is 9.58 Å². The summed E-state index contributed by atoms with van der Waals surface area (Å²) in [4.78, 5) is 7.15. The maximum Gasteiger partial charge on any atom is 0.209 e. The molecule has 2 aliphatic rings. The van der Waals surface area contributed by atoms with Crippen molar-refractivity contribution in [1.29, 1.82) is 0 Å². The van der Waals surface area contributed by atoms with Gasteiger partial charge in [0.1, 0.15) is 26.0 Å². The maximum atomic E-state index is 5.84. The second-order valence-electron chi connectivity index (χ2n) is 6.32. The molecule has 0 spiro atoms. The number of ether oxygens (including phenoxy) is 1. The average molecular weight is 325 g/mol. The molecule has 24 heavy (non-hydrogen) atoms. The first-order chi connectivity index (χ1) is 11.9. The van der Waals surface area contributed by atoms with Gasteiger partial charge in [-0.15, -0.1) is 10.2 Å². The number of hydrogen-bond acceptors (Lipinski definition) is 6. The SMILES string of the molecule is c1ccc2c(c1)nc1n2CN(n2cnnc2)CN1CC1CCCO1. The smallest absolute Gasteiger partial charge is 0.209 e. The van der Waals surface area contributed by atoms with Crippen molar-refractivity contribution >= 4 is 17.0 Å². The molecule has 5 rings (SSSR count). The lowest BCUT2D eigenvalue weighted by Gasteiger charge is -2.38. The van der Waals surface area contributed by atoms with Crippen LogP contribution >= 0.6 is 0 Å². The lowest BCUT2D eigenvalue weighted by atomic mass is 10.2. The highest BCUT2D eigenvalue weighted by Gasteiger charge is 2.29. The lowest BCUT2D eigenvalue weighted by Crippen LogP contribution is -2.51. The largest absolute Gasteiger partial charge is 0.376 e. The van der Waals surface area contributed by atoms with Crippen molar-refractivity contribution in [2.24, 2.45) is 0 Å². The Labute approximate surface area is 139 Å². The summed E-state index contributed by atoms with van der Waals surface area (Å²) in [6, 6.07) is 8.27. The molecule has 1 fully saturated rings. The quantitative estimate of drug-likeness (QED) is 0.720. The van der Waals surface area contributed by atoms with E-state index in [-0.39, 0.29) is 6.10 Å². The Morgan fingerprint density at radius 3 is 2.83 bits per heavy atom. The van der Waals surface area contributed by atoms with Gasteiger partial charge < -0.3 is 9.64 Å². The highest BCUT2D eigenvalue weighted by Crippen LogP contribution is 2.27. The summed E-state index contributed by atoms with van der Waals surface area (Å²) < 4.78 is 10.0. The van der Waals surface area contributed by atoms with Crippen molar-refractivity contribution < 1.29 is 4.74 Å². The summed E-state index contributed by atoms with van der Waals surface area (Å²) in [5.74, 6) is 1.01. The molecule has 0 radical (unpaired) electrons. The molecule has 1 atom stereocenters. The Hall–Kier alpha value is -2.61. The van der Waals surface area contributed by atoms with Gasteiger partial charge in [0.25, 0.3) is 0 Å². The Kier molecular flexibility index (Phi) is 3.15.